The number of ether oxygens (including phenoxy) is 1. The Morgan fingerprint density at radius 2 is 2.05 bits per heavy atom. The predicted molar refractivity (Wildman–Crippen MR) is 86.5 cm³/mol. The first-order chi connectivity index (χ1) is 10.2. The van der Waals surface area contributed by atoms with Gasteiger partial charge in [0, 0.05) is 13.2 Å². The number of rotatable bonds is 7. The van der Waals surface area contributed by atoms with E-state index in [-0.39, 0.29) is 12.1 Å². The van der Waals surface area contributed by atoms with Gasteiger partial charge in [0.2, 0.25) is 0 Å². The van der Waals surface area contributed by atoms with E-state index in [4.69, 9.17) is 10.6 Å². The third kappa shape index (κ3) is 3.52. The molecule has 0 radical (unpaired) electrons. The Balaban J connectivity index is 2.43. The number of benzene rings is 1. The number of hydrogen-bond donors (Lipinski definition) is 2. The lowest BCUT2D eigenvalue weighted by Crippen LogP contribution is -2.35. The summed E-state index contributed by atoms with van der Waals surface area (Å²) in [6, 6.07) is 9.89. The topological polar surface area (TPSA) is 65.1 Å². The van der Waals surface area contributed by atoms with Crippen molar-refractivity contribution in [3.63, 3.8) is 0 Å². The van der Waals surface area contributed by atoms with Crippen molar-refractivity contribution in [3.05, 3.63) is 52.3 Å². The van der Waals surface area contributed by atoms with Crippen LogP contribution in [0.2, 0.25) is 0 Å². The minimum atomic E-state index is -0.191. The molecular weight excluding hydrogens is 332 g/mol. The van der Waals surface area contributed by atoms with Crippen molar-refractivity contribution >= 4 is 15.9 Å². The number of nitrogens with one attached hydrogen (secondary N) is 1. The van der Waals surface area contributed by atoms with Crippen molar-refractivity contribution in [2.75, 3.05) is 6.61 Å². The average molecular weight is 353 g/mol. The minimum absolute atomic E-state index is 0.181. The third-order valence-electron chi connectivity index (χ3n) is 3.38. The number of halogens is 1. The van der Waals surface area contributed by atoms with Crippen LogP contribution >= 0.6 is 15.9 Å². The van der Waals surface area contributed by atoms with Crippen LogP contribution in [0.25, 0.3) is 0 Å². The van der Waals surface area contributed by atoms with Gasteiger partial charge in [-0.05, 0) is 35.3 Å². The van der Waals surface area contributed by atoms with Gasteiger partial charge in [0.15, 0.2) is 0 Å². The maximum absolute atomic E-state index is 5.95. The summed E-state index contributed by atoms with van der Waals surface area (Å²) in [5, 5.41) is 4.36. The fourth-order valence-electron chi connectivity index (χ4n) is 2.45. The SMILES string of the molecule is CCOC(c1ccccc1)C(NN)c1c(Br)cnn1CC. The summed E-state index contributed by atoms with van der Waals surface area (Å²) in [6.45, 7) is 5.41. The van der Waals surface area contributed by atoms with Gasteiger partial charge in [-0.2, -0.15) is 5.10 Å². The monoisotopic (exact) mass is 352 g/mol. The van der Waals surface area contributed by atoms with E-state index in [1.807, 2.05) is 41.9 Å². The molecule has 2 aromatic rings. The molecule has 114 valence electrons. The van der Waals surface area contributed by atoms with E-state index in [2.05, 4.69) is 33.4 Å². The Kier molecular flexibility index (Phi) is 5.93. The summed E-state index contributed by atoms with van der Waals surface area (Å²) in [6.07, 6.45) is 1.61. The highest BCUT2D eigenvalue weighted by atomic mass is 79.9. The summed E-state index contributed by atoms with van der Waals surface area (Å²) >= 11 is 3.56. The van der Waals surface area contributed by atoms with Crippen LogP contribution in [-0.2, 0) is 11.3 Å². The van der Waals surface area contributed by atoms with E-state index in [0.717, 1.165) is 22.3 Å². The second-order valence-electron chi connectivity index (χ2n) is 4.62. The van der Waals surface area contributed by atoms with Crippen molar-refractivity contribution in [1.82, 2.24) is 15.2 Å². The first-order valence-corrected chi connectivity index (χ1v) is 7.86. The molecule has 6 heteroatoms. The largest absolute Gasteiger partial charge is 0.372 e. The molecule has 0 fully saturated rings. The standard InChI is InChI=1S/C15H21BrN4O/c1-3-20-14(12(16)10-18-20)13(19-17)15(21-4-2)11-8-6-5-7-9-11/h5-10,13,15,19H,3-4,17H2,1-2H3. The van der Waals surface area contributed by atoms with Gasteiger partial charge in [-0.15, -0.1) is 0 Å². The van der Waals surface area contributed by atoms with Gasteiger partial charge < -0.3 is 4.74 Å². The molecular formula is C15H21BrN4O. The summed E-state index contributed by atoms with van der Waals surface area (Å²) in [5.74, 6) is 5.83. The molecule has 0 aliphatic rings. The fourth-order valence-corrected chi connectivity index (χ4v) is 2.99. The van der Waals surface area contributed by atoms with Gasteiger partial charge in [0.1, 0.15) is 6.10 Å². The number of hydrogen-bond acceptors (Lipinski definition) is 4. The van der Waals surface area contributed by atoms with Crippen molar-refractivity contribution in [2.45, 2.75) is 32.5 Å². The van der Waals surface area contributed by atoms with Crippen LogP contribution in [0.5, 0.6) is 0 Å². The third-order valence-corrected chi connectivity index (χ3v) is 3.99. The molecule has 1 aromatic carbocycles. The van der Waals surface area contributed by atoms with Gasteiger partial charge in [-0.3, -0.25) is 10.5 Å². The first-order valence-electron chi connectivity index (χ1n) is 7.06. The Morgan fingerprint density at radius 1 is 1.33 bits per heavy atom. The summed E-state index contributed by atoms with van der Waals surface area (Å²) in [4.78, 5) is 0. The van der Waals surface area contributed by atoms with Crippen molar-refractivity contribution < 1.29 is 4.74 Å². The van der Waals surface area contributed by atoms with Gasteiger partial charge in [0.25, 0.3) is 0 Å². The smallest absolute Gasteiger partial charge is 0.105 e. The maximum Gasteiger partial charge on any atom is 0.105 e. The molecule has 5 nitrogen and oxygen atoms in total. The molecule has 0 aliphatic carbocycles. The molecule has 21 heavy (non-hydrogen) atoms. The molecule has 0 spiro atoms. The van der Waals surface area contributed by atoms with E-state index >= 15 is 0 Å². The average Bonchev–Trinajstić information content (AvgIpc) is 2.89. The number of aromatic nitrogens is 2. The summed E-state index contributed by atoms with van der Waals surface area (Å²) in [5.41, 5.74) is 4.96. The highest BCUT2D eigenvalue weighted by molar-refractivity contribution is 9.10. The second-order valence-corrected chi connectivity index (χ2v) is 5.48. The fraction of sp³-hybridized carbons (Fsp3) is 0.400. The van der Waals surface area contributed by atoms with Crippen molar-refractivity contribution in [1.29, 1.82) is 0 Å². The lowest BCUT2D eigenvalue weighted by Gasteiger charge is -2.27. The van der Waals surface area contributed by atoms with Gasteiger partial charge >= 0.3 is 0 Å². The van der Waals surface area contributed by atoms with Gasteiger partial charge in [0.05, 0.1) is 22.4 Å². The molecule has 2 atom stereocenters. The lowest BCUT2D eigenvalue weighted by atomic mass is 10.00. The van der Waals surface area contributed by atoms with Gasteiger partial charge in [-0.25, -0.2) is 5.43 Å². The molecule has 0 amide bonds. The molecule has 0 saturated carbocycles. The quantitative estimate of drug-likeness (QED) is 0.593. The highest BCUT2D eigenvalue weighted by Crippen LogP contribution is 2.35. The number of aryl methyl sites for hydroxylation is 1. The van der Waals surface area contributed by atoms with Crippen LogP contribution in [0.4, 0.5) is 0 Å². The zero-order valence-electron chi connectivity index (χ0n) is 12.3. The zero-order valence-corrected chi connectivity index (χ0v) is 13.9. The van der Waals surface area contributed by atoms with E-state index < -0.39 is 0 Å². The van der Waals surface area contributed by atoms with E-state index in [1.165, 1.54) is 0 Å². The molecule has 0 saturated heterocycles. The van der Waals surface area contributed by atoms with Crippen LogP contribution < -0.4 is 11.3 Å². The van der Waals surface area contributed by atoms with Crippen molar-refractivity contribution in [2.24, 2.45) is 5.84 Å². The Hall–Kier alpha value is -1.21. The van der Waals surface area contributed by atoms with E-state index in [1.54, 1.807) is 6.20 Å². The minimum Gasteiger partial charge on any atom is -0.372 e. The Bertz CT molecular complexity index is 558. The van der Waals surface area contributed by atoms with Crippen LogP contribution in [0.3, 0.4) is 0 Å². The lowest BCUT2D eigenvalue weighted by molar-refractivity contribution is 0.0301. The zero-order chi connectivity index (χ0) is 15.2. The Labute approximate surface area is 133 Å². The molecule has 2 rings (SSSR count). The maximum atomic E-state index is 5.95. The molecule has 0 bridgehead atoms. The normalized spacial score (nSPS) is 14.1. The molecule has 1 aromatic heterocycles. The predicted octanol–water partition coefficient (Wildman–Crippen LogP) is 2.95. The van der Waals surface area contributed by atoms with E-state index in [9.17, 15) is 0 Å². The van der Waals surface area contributed by atoms with Crippen LogP contribution in [0.15, 0.2) is 41.0 Å². The second kappa shape index (κ2) is 7.70. The Morgan fingerprint density at radius 3 is 2.62 bits per heavy atom. The van der Waals surface area contributed by atoms with E-state index in [0.29, 0.717) is 6.61 Å². The summed E-state index contributed by atoms with van der Waals surface area (Å²) in [7, 11) is 0. The van der Waals surface area contributed by atoms with Crippen LogP contribution in [0.1, 0.15) is 37.3 Å². The summed E-state index contributed by atoms with van der Waals surface area (Å²) < 4.78 is 8.80. The number of hydrazine groups is 1. The van der Waals surface area contributed by atoms with Gasteiger partial charge in [-0.1, -0.05) is 30.3 Å². The molecule has 2 unspecified atom stereocenters. The highest BCUT2D eigenvalue weighted by Gasteiger charge is 2.29. The van der Waals surface area contributed by atoms with Crippen LogP contribution in [-0.4, -0.2) is 16.4 Å². The molecule has 3 N–H and O–H groups in total. The molecule has 0 aliphatic heterocycles. The molecule has 1 heterocycles. The number of nitrogens with zero attached hydrogens (tertiary/aromatic N) is 2. The van der Waals surface area contributed by atoms with Crippen molar-refractivity contribution in [3.8, 4) is 0 Å². The van der Waals surface area contributed by atoms with Crippen LogP contribution in [0, 0.1) is 0 Å². The number of nitrogens with two attached hydrogens (primary N) is 1. The first kappa shape index (κ1) is 16.2.